The summed E-state index contributed by atoms with van der Waals surface area (Å²) in [6.07, 6.45) is 0.210. The Bertz CT molecular complexity index is 251. The van der Waals surface area contributed by atoms with E-state index in [1.807, 2.05) is 0 Å². The van der Waals surface area contributed by atoms with Gasteiger partial charge in [-0.05, 0) is 12.8 Å². The molecular formula is C12H22O5S. The number of aliphatic hydroxyl groups is 3. The summed E-state index contributed by atoms with van der Waals surface area (Å²) in [7, 11) is 0. The number of ether oxygens (including phenoxy) is 2. The summed E-state index contributed by atoms with van der Waals surface area (Å²) < 4.78 is 11.2. The molecule has 5 atom stereocenters. The van der Waals surface area contributed by atoms with Crippen LogP contribution in [0, 0.1) is 5.92 Å². The van der Waals surface area contributed by atoms with Gasteiger partial charge >= 0.3 is 0 Å². The number of thioether (sulfide) groups is 1. The van der Waals surface area contributed by atoms with Gasteiger partial charge in [-0.15, -0.1) is 0 Å². The number of rotatable bonds is 4. The van der Waals surface area contributed by atoms with E-state index in [2.05, 4.69) is 0 Å². The van der Waals surface area contributed by atoms with Gasteiger partial charge < -0.3 is 24.8 Å². The molecular weight excluding hydrogens is 256 g/mol. The third-order valence-corrected chi connectivity index (χ3v) is 4.62. The number of aliphatic hydroxyl groups excluding tert-OH is 3. The summed E-state index contributed by atoms with van der Waals surface area (Å²) in [5, 5.41) is 28.9. The van der Waals surface area contributed by atoms with Gasteiger partial charge in [0.15, 0.2) is 6.29 Å². The fourth-order valence-electron chi connectivity index (χ4n) is 2.59. The fourth-order valence-corrected chi connectivity index (χ4v) is 3.44. The maximum Gasteiger partial charge on any atom is 0.186 e. The molecule has 0 aromatic heterocycles. The van der Waals surface area contributed by atoms with Crippen molar-refractivity contribution in [3.63, 3.8) is 0 Å². The molecule has 3 heterocycles. The van der Waals surface area contributed by atoms with Crippen LogP contribution in [0.2, 0.25) is 0 Å². The summed E-state index contributed by atoms with van der Waals surface area (Å²) >= 11 is 1.60. The second-order valence-electron chi connectivity index (χ2n) is 4.85. The molecule has 3 fully saturated rings. The van der Waals surface area contributed by atoms with Crippen molar-refractivity contribution in [1.82, 2.24) is 0 Å². The SMILES string of the molecule is OCCSCC1OC2OCCCCC1C(O)C2O. The first-order valence-corrected chi connectivity index (χ1v) is 7.71. The van der Waals surface area contributed by atoms with Crippen LogP contribution in [0.3, 0.4) is 0 Å². The molecule has 0 radical (unpaired) electrons. The van der Waals surface area contributed by atoms with Crippen molar-refractivity contribution in [3.8, 4) is 0 Å². The van der Waals surface area contributed by atoms with Crippen molar-refractivity contribution < 1.29 is 24.8 Å². The highest BCUT2D eigenvalue weighted by Crippen LogP contribution is 2.33. The summed E-state index contributed by atoms with van der Waals surface area (Å²) in [5.41, 5.74) is 0. The van der Waals surface area contributed by atoms with Crippen LogP contribution in [0.1, 0.15) is 19.3 Å². The minimum atomic E-state index is -0.952. The highest BCUT2D eigenvalue weighted by atomic mass is 32.2. The molecule has 0 aliphatic carbocycles. The molecule has 3 aliphatic heterocycles. The second-order valence-corrected chi connectivity index (χ2v) is 6.00. The van der Waals surface area contributed by atoms with E-state index in [0.29, 0.717) is 12.4 Å². The molecule has 18 heavy (non-hydrogen) atoms. The molecule has 0 spiro atoms. The lowest BCUT2D eigenvalue weighted by molar-refractivity contribution is -0.277. The van der Waals surface area contributed by atoms with Crippen molar-refractivity contribution in [2.45, 2.75) is 43.9 Å². The zero-order valence-electron chi connectivity index (χ0n) is 10.4. The molecule has 3 rings (SSSR count). The Morgan fingerprint density at radius 3 is 2.78 bits per heavy atom. The normalized spacial score (nSPS) is 41.2. The molecule has 5 unspecified atom stereocenters. The molecule has 2 bridgehead atoms. The molecule has 0 aromatic rings. The molecule has 5 nitrogen and oxygen atoms in total. The van der Waals surface area contributed by atoms with Crippen LogP contribution in [-0.2, 0) is 9.47 Å². The zero-order valence-corrected chi connectivity index (χ0v) is 11.2. The van der Waals surface area contributed by atoms with E-state index >= 15 is 0 Å². The van der Waals surface area contributed by atoms with Crippen molar-refractivity contribution in [2.75, 3.05) is 24.7 Å². The predicted octanol–water partition coefficient (Wildman–Crippen LogP) is -0.0247. The van der Waals surface area contributed by atoms with Crippen molar-refractivity contribution in [2.24, 2.45) is 5.92 Å². The fraction of sp³-hybridized carbons (Fsp3) is 1.00. The summed E-state index contributed by atoms with van der Waals surface area (Å²) in [6, 6.07) is 0. The quantitative estimate of drug-likeness (QED) is 0.627. The van der Waals surface area contributed by atoms with E-state index in [1.165, 1.54) is 0 Å². The first-order chi connectivity index (χ1) is 8.74. The van der Waals surface area contributed by atoms with E-state index < -0.39 is 18.5 Å². The maximum absolute atomic E-state index is 10.2. The predicted molar refractivity (Wildman–Crippen MR) is 68.4 cm³/mol. The number of fused-ring (bicyclic) bond motifs is 6. The average Bonchev–Trinajstić information content (AvgIpc) is 2.50. The van der Waals surface area contributed by atoms with Crippen molar-refractivity contribution in [1.29, 1.82) is 0 Å². The largest absolute Gasteiger partial charge is 0.396 e. The van der Waals surface area contributed by atoms with Crippen LogP contribution in [0.25, 0.3) is 0 Å². The molecule has 0 saturated carbocycles. The first kappa shape index (κ1) is 14.6. The highest BCUT2D eigenvalue weighted by Gasteiger charge is 2.44. The van der Waals surface area contributed by atoms with Gasteiger partial charge in [0, 0.05) is 24.0 Å². The Balaban J connectivity index is 2.01. The molecule has 0 aromatic carbocycles. The second kappa shape index (κ2) is 7.07. The third-order valence-electron chi connectivity index (χ3n) is 3.59. The minimum Gasteiger partial charge on any atom is -0.396 e. The van der Waals surface area contributed by atoms with E-state index in [1.54, 1.807) is 11.8 Å². The van der Waals surface area contributed by atoms with Gasteiger partial charge in [-0.25, -0.2) is 0 Å². The van der Waals surface area contributed by atoms with Crippen LogP contribution in [0.5, 0.6) is 0 Å². The van der Waals surface area contributed by atoms with E-state index in [0.717, 1.165) is 25.0 Å². The van der Waals surface area contributed by atoms with E-state index in [9.17, 15) is 10.2 Å². The lowest BCUT2D eigenvalue weighted by atomic mass is 9.86. The lowest BCUT2D eigenvalue weighted by Gasteiger charge is -2.41. The lowest BCUT2D eigenvalue weighted by Crippen LogP contribution is -2.55. The van der Waals surface area contributed by atoms with Gasteiger partial charge in [0.2, 0.25) is 0 Å². The summed E-state index contributed by atoms with van der Waals surface area (Å²) in [5.74, 6) is 1.34. The molecule has 3 aliphatic rings. The molecule has 3 N–H and O–H groups in total. The highest BCUT2D eigenvalue weighted by molar-refractivity contribution is 7.99. The Hall–Kier alpha value is 0.150. The molecule has 3 saturated heterocycles. The van der Waals surface area contributed by atoms with Gasteiger partial charge in [-0.1, -0.05) is 6.42 Å². The average molecular weight is 278 g/mol. The van der Waals surface area contributed by atoms with Gasteiger partial charge in [-0.3, -0.25) is 0 Å². The Kier molecular flexibility index (Phi) is 5.72. The minimum absolute atomic E-state index is 0.0378. The standard InChI is InChI=1S/C12H22O5S/c13-4-6-18-7-9-8-3-1-2-5-16-12(17-9)11(15)10(8)14/h8-15H,1-7H2. The van der Waals surface area contributed by atoms with Gasteiger partial charge in [0.1, 0.15) is 6.10 Å². The van der Waals surface area contributed by atoms with Crippen LogP contribution < -0.4 is 0 Å². The Morgan fingerprint density at radius 2 is 2.00 bits per heavy atom. The third kappa shape index (κ3) is 3.37. The van der Waals surface area contributed by atoms with Gasteiger partial charge in [-0.2, -0.15) is 11.8 Å². The Morgan fingerprint density at radius 1 is 1.17 bits per heavy atom. The van der Waals surface area contributed by atoms with Crippen LogP contribution in [0.15, 0.2) is 0 Å². The smallest absolute Gasteiger partial charge is 0.186 e. The Labute approximate surface area is 111 Å². The first-order valence-electron chi connectivity index (χ1n) is 6.56. The monoisotopic (exact) mass is 278 g/mol. The van der Waals surface area contributed by atoms with Crippen LogP contribution in [-0.4, -0.2) is 64.6 Å². The molecule has 0 amide bonds. The zero-order chi connectivity index (χ0) is 13.0. The molecule has 106 valence electrons. The number of hydrogen-bond acceptors (Lipinski definition) is 6. The van der Waals surface area contributed by atoms with Crippen molar-refractivity contribution in [3.05, 3.63) is 0 Å². The van der Waals surface area contributed by atoms with Gasteiger partial charge in [0.25, 0.3) is 0 Å². The molecule has 6 heteroatoms. The topological polar surface area (TPSA) is 79.2 Å². The van der Waals surface area contributed by atoms with E-state index in [4.69, 9.17) is 14.6 Å². The van der Waals surface area contributed by atoms with Crippen molar-refractivity contribution >= 4 is 11.8 Å². The van der Waals surface area contributed by atoms with Gasteiger partial charge in [0.05, 0.1) is 18.8 Å². The van der Waals surface area contributed by atoms with Crippen LogP contribution in [0.4, 0.5) is 0 Å². The van der Waals surface area contributed by atoms with Crippen LogP contribution >= 0.6 is 11.8 Å². The number of hydrogen-bond donors (Lipinski definition) is 3. The van der Waals surface area contributed by atoms with E-state index in [-0.39, 0.29) is 18.6 Å². The summed E-state index contributed by atoms with van der Waals surface area (Å²) in [4.78, 5) is 0. The maximum atomic E-state index is 10.2. The summed E-state index contributed by atoms with van der Waals surface area (Å²) in [6.45, 7) is 0.713.